The van der Waals surface area contributed by atoms with E-state index in [1.54, 1.807) is 31.1 Å². The molecule has 1 aliphatic rings. The Morgan fingerprint density at radius 3 is 1.89 bits per heavy atom. The Hall–Kier alpha value is -1.76. The van der Waals surface area contributed by atoms with E-state index in [9.17, 15) is 0 Å². The van der Waals surface area contributed by atoms with Crippen molar-refractivity contribution in [3.63, 3.8) is 0 Å². The van der Waals surface area contributed by atoms with E-state index in [2.05, 4.69) is 52.3 Å². The van der Waals surface area contributed by atoms with Crippen molar-refractivity contribution in [2.45, 2.75) is 13.1 Å². The topological polar surface area (TPSA) is 36.6 Å². The van der Waals surface area contributed by atoms with Gasteiger partial charge in [-0.2, -0.15) is 0 Å². The SMILES string of the molecule is COc1cc(C[NH+]2CC[NH+](Cc3ccccc3Br)CC2)cc(OC)c1OC. The summed E-state index contributed by atoms with van der Waals surface area (Å²) in [6, 6.07) is 12.7. The maximum Gasteiger partial charge on any atom is 0.203 e. The molecule has 0 radical (unpaired) electrons. The molecule has 3 rings (SSSR count). The highest BCUT2D eigenvalue weighted by Crippen LogP contribution is 2.37. The molecule has 2 aromatic rings. The van der Waals surface area contributed by atoms with E-state index in [1.807, 2.05) is 0 Å². The van der Waals surface area contributed by atoms with Gasteiger partial charge in [0.2, 0.25) is 5.75 Å². The average Bonchev–Trinajstić information content (AvgIpc) is 2.70. The molecule has 1 fully saturated rings. The number of rotatable bonds is 7. The second-order valence-corrected chi connectivity index (χ2v) is 7.83. The molecule has 2 aromatic carbocycles. The van der Waals surface area contributed by atoms with Crippen LogP contribution in [0.25, 0.3) is 0 Å². The van der Waals surface area contributed by atoms with Crippen LogP contribution in [-0.2, 0) is 13.1 Å². The zero-order chi connectivity index (χ0) is 19.2. The Labute approximate surface area is 169 Å². The number of nitrogens with one attached hydrogen (secondary N) is 2. The molecule has 5 nitrogen and oxygen atoms in total. The summed E-state index contributed by atoms with van der Waals surface area (Å²) in [5.74, 6) is 2.11. The molecule has 0 unspecified atom stereocenters. The zero-order valence-electron chi connectivity index (χ0n) is 16.3. The third-order valence-electron chi connectivity index (χ3n) is 5.24. The first-order valence-electron chi connectivity index (χ1n) is 9.34. The van der Waals surface area contributed by atoms with Gasteiger partial charge in [0, 0.05) is 15.6 Å². The number of ether oxygens (including phenoxy) is 3. The molecule has 1 heterocycles. The lowest BCUT2D eigenvalue weighted by molar-refractivity contribution is -1.02. The van der Waals surface area contributed by atoms with Crippen molar-refractivity contribution in [2.75, 3.05) is 47.5 Å². The van der Waals surface area contributed by atoms with Gasteiger partial charge < -0.3 is 24.0 Å². The van der Waals surface area contributed by atoms with Crippen LogP contribution in [0.1, 0.15) is 11.1 Å². The zero-order valence-corrected chi connectivity index (χ0v) is 17.9. The second kappa shape index (κ2) is 9.44. The van der Waals surface area contributed by atoms with Gasteiger partial charge in [-0.1, -0.05) is 34.1 Å². The van der Waals surface area contributed by atoms with Crippen molar-refractivity contribution in [3.05, 3.63) is 52.0 Å². The van der Waals surface area contributed by atoms with Crippen LogP contribution in [-0.4, -0.2) is 47.5 Å². The van der Waals surface area contributed by atoms with Crippen molar-refractivity contribution in [3.8, 4) is 17.2 Å². The smallest absolute Gasteiger partial charge is 0.203 e. The molecular weight excluding hydrogens is 408 g/mol. The monoisotopic (exact) mass is 436 g/mol. The fourth-order valence-electron chi connectivity index (χ4n) is 3.75. The molecule has 1 saturated heterocycles. The molecule has 0 amide bonds. The van der Waals surface area contributed by atoms with E-state index in [0.717, 1.165) is 37.7 Å². The molecule has 0 saturated carbocycles. The Morgan fingerprint density at radius 1 is 0.815 bits per heavy atom. The van der Waals surface area contributed by atoms with Crippen molar-refractivity contribution < 1.29 is 24.0 Å². The van der Waals surface area contributed by atoms with Gasteiger partial charge in [-0.25, -0.2) is 0 Å². The second-order valence-electron chi connectivity index (χ2n) is 6.98. The lowest BCUT2D eigenvalue weighted by atomic mass is 10.1. The molecule has 0 atom stereocenters. The van der Waals surface area contributed by atoms with Crippen LogP contribution >= 0.6 is 15.9 Å². The highest BCUT2D eigenvalue weighted by atomic mass is 79.9. The first-order chi connectivity index (χ1) is 13.1. The lowest BCUT2D eigenvalue weighted by Crippen LogP contribution is -3.27. The van der Waals surface area contributed by atoms with Crippen LogP contribution in [0.2, 0.25) is 0 Å². The molecule has 27 heavy (non-hydrogen) atoms. The minimum Gasteiger partial charge on any atom is -0.493 e. The van der Waals surface area contributed by atoms with Gasteiger partial charge in [0.05, 0.1) is 21.3 Å². The van der Waals surface area contributed by atoms with Crippen LogP contribution in [0.5, 0.6) is 17.2 Å². The standard InChI is InChI=1S/C21H27BrN2O3/c1-25-19-12-16(13-20(26-2)21(19)27-3)14-23-8-10-24(11-9-23)15-17-6-4-5-7-18(17)22/h4-7,12-13H,8-11,14-15H2,1-3H3/p+2. The minimum atomic E-state index is 0.654. The minimum absolute atomic E-state index is 0.654. The number of hydrogen-bond donors (Lipinski definition) is 2. The molecule has 6 heteroatoms. The Bertz CT molecular complexity index is 736. The molecule has 2 N–H and O–H groups in total. The first-order valence-corrected chi connectivity index (χ1v) is 10.1. The first kappa shape index (κ1) is 20.0. The quantitative estimate of drug-likeness (QED) is 0.678. The molecule has 0 aromatic heterocycles. The van der Waals surface area contributed by atoms with Crippen molar-refractivity contribution >= 4 is 15.9 Å². The van der Waals surface area contributed by atoms with Crippen LogP contribution in [0.3, 0.4) is 0 Å². The maximum absolute atomic E-state index is 5.48. The Balaban J connectivity index is 1.60. The lowest BCUT2D eigenvalue weighted by Gasteiger charge is -2.30. The van der Waals surface area contributed by atoms with Gasteiger partial charge in [0.25, 0.3) is 0 Å². The summed E-state index contributed by atoms with van der Waals surface area (Å²) in [7, 11) is 4.97. The summed E-state index contributed by atoms with van der Waals surface area (Å²) in [5, 5.41) is 0. The van der Waals surface area contributed by atoms with Crippen molar-refractivity contribution in [2.24, 2.45) is 0 Å². The normalized spacial score (nSPS) is 19.6. The molecule has 0 spiro atoms. The molecule has 0 bridgehead atoms. The summed E-state index contributed by atoms with van der Waals surface area (Å²) < 4.78 is 17.6. The van der Waals surface area contributed by atoms with Crippen LogP contribution in [0.15, 0.2) is 40.9 Å². The largest absolute Gasteiger partial charge is 0.493 e. The number of piperazine rings is 1. The van der Waals surface area contributed by atoms with E-state index in [1.165, 1.54) is 28.7 Å². The third kappa shape index (κ3) is 4.94. The van der Waals surface area contributed by atoms with Crippen LogP contribution < -0.4 is 24.0 Å². The summed E-state index contributed by atoms with van der Waals surface area (Å²) in [6.45, 7) is 6.74. The molecular formula is C21H29BrN2O3+2. The van der Waals surface area contributed by atoms with Gasteiger partial charge in [0.1, 0.15) is 39.3 Å². The van der Waals surface area contributed by atoms with Gasteiger partial charge in [-0.05, 0) is 18.2 Å². The van der Waals surface area contributed by atoms with Gasteiger partial charge in [0.15, 0.2) is 11.5 Å². The van der Waals surface area contributed by atoms with E-state index in [0.29, 0.717) is 5.75 Å². The number of hydrogen-bond acceptors (Lipinski definition) is 3. The van der Waals surface area contributed by atoms with E-state index < -0.39 is 0 Å². The molecule has 0 aliphatic carbocycles. The van der Waals surface area contributed by atoms with Gasteiger partial charge in [-0.15, -0.1) is 0 Å². The van der Waals surface area contributed by atoms with Crippen molar-refractivity contribution in [1.82, 2.24) is 0 Å². The fourth-order valence-corrected chi connectivity index (χ4v) is 4.17. The Morgan fingerprint density at radius 2 is 1.37 bits per heavy atom. The van der Waals surface area contributed by atoms with Gasteiger partial charge >= 0.3 is 0 Å². The maximum atomic E-state index is 5.48. The van der Waals surface area contributed by atoms with E-state index in [-0.39, 0.29) is 0 Å². The highest BCUT2D eigenvalue weighted by molar-refractivity contribution is 9.10. The number of quaternary nitrogens is 2. The summed E-state index contributed by atoms with van der Waals surface area (Å²) >= 11 is 3.67. The Kier molecular flexibility index (Phi) is 6.99. The summed E-state index contributed by atoms with van der Waals surface area (Å²) in [6.07, 6.45) is 0. The van der Waals surface area contributed by atoms with Crippen molar-refractivity contribution in [1.29, 1.82) is 0 Å². The number of benzene rings is 2. The van der Waals surface area contributed by atoms with E-state index >= 15 is 0 Å². The third-order valence-corrected chi connectivity index (χ3v) is 6.01. The van der Waals surface area contributed by atoms with E-state index in [4.69, 9.17) is 14.2 Å². The fraction of sp³-hybridized carbons (Fsp3) is 0.429. The predicted octanol–water partition coefficient (Wildman–Crippen LogP) is 0.959. The predicted molar refractivity (Wildman–Crippen MR) is 109 cm³/mol. The summed E-state index contributed by atoms with van der Waals surface area (Å²) in [5.41, 5.74) is 2.61. The molecule has 1 aliphatic heterocycles. The van der Waals surface area contributed by atoms with Gasteiger partial charge in [-0.3, -0.25) is 0 Å². The summed E-state index contributed by atoms with van der Waals surface area (Å²) in [4.78, 5) is 3.25. The number of halogens is 1. The average molecular weight is 437 g/mol. The van der Waals surface area contributed by atoms with Crippen LogP contribution in [0.4, 0.5) is 0 Å². The highest BCUT2D eigenvalue weighted by Gasteiger charge is 2.24. The van der Waals surface area contributed by atoms with Crippen LogP contribution in [0, 0.1) is 0 Å². The molecule has 146 valence electrons. The number of methoxy groups -OCH3 is 3.